The van der Waals surface area contributed by atoms with Crippen LogP contribution in [0.1, 0.15) is 25.3 Å². The average molecular weight is 309 g/mol. The highest BCUT2D eigenvalue weighted by Gasteiger charge is 2.21. The molecule has 0 saturated carbocycles. The second-order valence-electron chi connectivity index (χ2n) is 5.07. The van der Waals surface area contributed by atoms with Gasteiger partial charge in [-0.15, -0.1) is 6.58 Å². The molecule has 1 heterocycles. The second kappa shape index (κ2) is 5.89. The van der Waals surface area contributed by atoms with Crippen LogP contribution in [0.25, 0.3) is 0 Å². The largest absolute Gasteiger partial charge is 0.362 e. The van der Waals surface area contributed by atoms with E-state index in [1.807, 2.05) is 6.08 Å². The molecule has 1 saturated heterocycles. The number of nitrogens with one attached hydrogen (secondary N) is 1. The van der Waals surface area contributed by atoms with Crippen molar-refractivity contribution in [2.24, 2.45) is 0 Å². The molecule has 2 nitrogen and oxygen atoms in total. The van der Waals surface area contributed by atoms with Gasteiger partial charge in [0.1, 0.15) is 0 Å². The monoisotopic (exact) mass is 308 g/mol. The van der Waals surface area contributed by atoms with Crippen LogP contribution in [0, 0.1) is 0 Å². The molecular weight excluding hydrogens is 288 g/mol. The van der Waals surface area contributed by atoms with E-state index in [1.165, 1.54) is 15.7 Å². The number of halogens is 1. The van der Waals surface area contributed by atoms with Crippen LogP contribution >= 0.6 is 15.9 Å². The molecule has 0 aromatic heterocycles. The maximum absolute atomic E-state index is 3.94. The molecule has 0 aliphatic carbocycles. The molecule has 1 aromatic carbocycles. The van der Waals surface area contributed by atoms with Gasteiger partial charge in [-0.1, -0.05) is 26.0 Å². The van der Waals surface area contributed by atoms with Crippen molar-refractivity contribution in [3.8, 4) is 0 Å². The highest BCUT2D eigenvalue weighted by molar-refractivity contribution is 9.10. The molecule has 0 amide bonds. The molecule has 1 aromatic rings. The molecule has 1 aliphatic rings. The molecule has 0 spiro atoms. The number of hydrogen-bond acceptors (Lipinski definition) is 2. The van der Waals surface area contributed by atoms with Gasteiger partial charge in [0.2, 0.25) is 0 Å². The van der Waals surface area contributed by atoms with Gasteiger partial charge in [-0.25, -0.2) is 0 Å². The first-order valence-corrected chi connectivity index (χ1v) is 7.32. The summed E-state index contributed by atoms with van der Waals surface area (Å²) in [7, 11) is 0. The minimum absolute atomic E-state index is 0.375. The summed E-state index contributed by atoms with van der Waals surface area (Å²) in [5.41, 5.74) is 2.64. The van der Waals surface area contributed by atoms with Crippen molar-refractivity contribution >= 4 is 21.6 Å². The van der Waals surface area contributed by atoms with E-state index in [2.05, 4.69) is 64.8 Å². The van der Waals surface area contributed by atoms with E-state index in [1.54, 1.807) is 0 Å². The standard InChI is InChI=1S/C15H21BrN2/c1-4-13-10-17-7-8-18(13)15-6-5-12(11(2)3)9-14(15)16/h4-6,9,11,13,17H,1,7-8,10H2,2-3H3. The lowest BCUT2D eigenvalue weighted by Gasteiger charge is -2.37. The Labute approximate surface area is 118 Å². The molecule has 3 heteroatoms. The van der Waals surface area contributed by atoms with Crippen molar-refractivity contribution in [1.82, 2.24) is 5.32 Å². The second-order valence-corrected chi connectivity index (χ2v) is 5.92. The predicted octanol–water partition coefficient (Wildman–Crippen LogP) is 3.54. The van der Waals surface area contributed by atoms with E-state index in [0.717, 1.165) is 19.6 Å². The van der Waals surface area contributed by atoms with Crippen LogP contribution in [0.4, 0.5) is 5.69 Å². The van der Waals surface area contributed by atoms with Gasteiger partial charge in [0.25, 0.3) is 0 Å². The van der Waals surface area contributed by atoms with Crippen molar-refractivity contribution < 1.29 is 0 Å². The van der Waals surface area contributed by atoms with Crippen LogP contribution in [-0.4, -0.2) is 25.7 Å². The van der Waals surface area contributed by atoms with E-state index >= 15 is 0 Å². The molecule has 1 N–H and O–H groups in total. The summed E-state index contributed by atoms with van der Waals surface area (Å²) in [4.78, 5) is 2.41. The van der Waals surface area contributed by atoms with Crippen LogP contribution in [0.3, 0.4) is 0 Å². The number of nitrogens with zero attached hydrogens (tertiary/aromatic N) is 1. The van der Waals surface area contributed by atoms with E-state index in [0.29, 0.717) is 12.0 Å². The van der Waals surface area contributed by atoms with Crippen LogP contribution in [0.15, 0.2) is 35.3 Å². The van der Waals surface area contributed by atoms with Crippen molar-refractivity contribution in [1.29, 1.82) is 0 Å². The Morgan fingerprint density at radius 2 is 2.28 bits per heavy atom. The topological polar surface area (TPSA) is 15.3 Å². The molecule has 0 bridgehead atoms. The lowest BCUT2D eigenvalue weighted by molar-refractivity contribution is 0.529. The van der Waals surface area contributed by atoms with Gasteiger partial charge in [0.05, 0.1) is 11.7 Å². The number of hydrogen-bond donors (Lipinski definition) is 1. The summed E-state index contributed by atoms with van der Waals surface area (Å²) >= 11 is 3.71. The molecule has 1 unspecified atom stereocenters. The molecular formula is C15H21BrN2. The van der Waals surface area contributed by atoms with Crippen LogP contribution in [0.5, 0.6) is 0 Å². The Kier molecular flexibility index (Phi) is 4.46. The number of anilines is 1. The average Bonchev–Trinajstić information content (AvgIpc) is 2.38. The Morgan fingerprint density at radius 3 is 2.89 bits per heavy atom. The predicted molar refractivity (Wildman–Crippen MR) is 82.4 cm³/mol. The molecule has 98 valence electrons. The van der Waals surface area contributed by atoms with E-state index < -0.39 is 0 Å². The smallest absolute Gasteiger partial charge is 0.0596 e. The van der Waals surface area contributed by atoms with Crippen LogP contribution < -0.4 is 10.2 Å². The summed E-state index contributed by atoms with van der Waals surface area (Å²) in [5, 5.41) is 3.41. The van der Waals surface area contributed by atoms with Gasteiger partial charge in [-0.3, -0.25) is 0 Å². The third kappa shape index (κ3) is 2.78. The first-order chi connectivity index (χ1) is 8.63. The summed E-state index contributed by atoms with van der Waals surface area (Å²) < 4.78 is 1.18. The third-order valence-corrected chi connectivity index (χ3v) is 4.14. The van der Waals surface area contributed by atoms with E-state index in [9.17, 15) is 0 Å². The molecule has 1 fully saturated rings. The van der Waals surface area contributed by atoms with Crippen LogP contribution in [0.2, 0.25) is 0 Å². The molecule has 2 rings (SSSR count). The van der Waals surface area contributed by atoms with Crippen molar-refractivity contribution in [2.45, 2.75) is 25.8 Å². The normalized spacial score (nSPS) is 20.2. The zero-order chi connectivity index (χ0) is 13.1. The number of rotatable bonds is 3. The molecule has 1 aliphatic heterocycles. The summed E-state index contributed by atoms with van der Waals surface area (Å²) in [6.07, 6.45) is 2.02. The Bertz CT molecular complexity index is 429. The Hall–Kier alpha value is -0.800. The summed E-state index contributed by atoms with van der Waals surface area (Å²) in [6, 6.07) is 7.07. The molecule has 0 radical (unpaired) electrons. The van der Waals surface area contributed by atoms with Gasteiger partial charge in [0.15, 0.2) is 0 Å². The first-order valence-electron chi connectivity index (χ1n) is 6.53. The zero-order valence-electron chi connectivity index (χ0n) is 11.1. The molecule has 1 atom stereocenters. The maximum Gasteiger partial charge on any atom is 0.0596 e. The fourth-order valence-electron chi connectivity index (χ4n) is 2.35. The molecule has 18 heavy (non-hydrogen) atoms. The minimum Gasteiger partial charge on any atom is -0.362 e. The Balaban J connectivity index is 2.29. The van der Waals surface area contributed by atoms with Gasteiger partial charge in [-0.05, 0) is 39.5 Å². The number of piperazine rings is 1. The first kappa shape index (κ1) is 13.6. The van der Waals surface area contributed by atoms with Crippen LogP contribution in [-0.2, 0) is 0 Å². The quantitative estimate of drug-likeness (QED) is 0.859. The minimum atomic E-state index is 0.375. The van der Waals surface area contributed by atoms with Crippen molar-refractivity contribution in [2.75, 3.05) is 24.5 Å². The lowest BCUT2D eigenvalue weighted by Crippen LogP contribution is -2.50. The van der Waals surface area contributed by atoms with Gasteiger partial charge >= 0.3 is 0 Å². The summed E-state index contributed by atoms with van der Waals surface area (Å²) in [6.45, 7) is 11.4. The maximum atomic E-state index is 3.94. The third-order valence-electron chi connectivity index (χ3n) is 3.50. The summed E-state index contributed by atoms with van der Waals surface area (Å²) in [5.74, 6) is 0.563. The zero-order valence-corrected chi connectivity index (χ0v) is 12.7. The van der Waals surface area contributed by atoms with E-state index in [4.69, 9.17) is 0 Å². The van der Waals surface area contributed by atoms with Gasteiger partial charge in [0, 0.05) is 24.1 Å². The fourth-order valence-corrected chi connectivity index (χ4v) is 2.97. The van der Waals surface area contributed by atoms with Gasteiger partial charge < -0.3 is 10.2 Å². The highest BCUT2D eigenvalue weighted by Crippen LogP contribution is 2.31. The lowest BCUT2D eigenvalue weighted by atomic mass is 10.0. The van der Waals surface area contributed by atoms with Crippen molar-refractivity contribution in [3.63, 3.8) is 0 Å². The SMILES string of the molecule is C=CC1CNCCN1c1ccc(C(C)C)cc1Br. The van der Waals surface area contributed by atoms with E-state index in [-0.39, 0.29) is 0 Å². The number of benzene rings is 1. The highest BCUT2D eigenvalue weighted by atomic mass is 79.9. The van der Waals surface area contributed by atoms with Gasteiger partial charge in [-0.2, -0.15) is 0 Å². The Morgan fingerprint density at radius 1 is 1.50 bits per heavy atom. The van der Waals surface area contributed by atoms with Crippen molar-refractivity contribution in [3.05, 3.63) is 40.9 Å². The fraction of sp³-hybridized carbons (Fsp3) is 0.467.